The molecule has 1 atom stereocenters. The number of hydrogen-bond acceptors (Lipinski definition) is 11. The van der Waals surface area contributed by atoms with Crippen molar-refractivity contribution in [1.29, 1.82) is 0 Å². The molecule has 0 amide bonds. The average Bonchev–Trinajstić information content (AvgIpc) is 3.51. The van der Waals surface area contributed by atoms with E-state index in [1.165, 1.54) is 33.1 Å². The van der Waals surface area contributed by atoms with Crippen molar-refractivity contribution in [2.24, 2.45) is 13.0 Å². The van der Waals surface area contributed by atoms with Gasteiger partial charge in [-0.2, -0.15) is 0 Å². The Bertz CT molecular complexity index is 1210. The minimum atomic E-state index is -2.91. The molecule has 0 N–H and O–H groups in total. The second kappa shape index (κ2) is 9.59. The van der Waals surface area contributed by atoms with Crippen LogP contribution in [-0.4, -0.2) is 66.2 Å². The number of benzene rings is 1. The molecule has 11 nitrogen and oxygen atoms in total. The van der Waals surface area contributed by atoms with E-state index in [1.54, 1.807) is 12.1 Å². The molecule has 1 saturated heterocycles. The molecule has 0 aliphatic carbocycles. The topological polar surface area (TPSA) is 131 Å². The van der Waals surface area contributed by atoms with Crippen molar-refractivity contribution in [3.05, 3.63) is 23.8 Å². The third-order valence-electron chi connectivity index (χ3n) is 5.43. The van der Waals surface area contributed by atoms with Gasteiger partial charge in [-0.15, -0.1) is 20.4 Å². The minimum absolute atomic E-state index is 0.0905. The highest BCUT2D eigenvalue weighted by atomic mass is 32.2. The Morgan fingerprint density at radius 1 is 1.09 bits per heavy atom. The maximum Gasteiger partial charge on any atom is 0.248 e. The quantitative estimate of drug-likeness (QED) is 0.405. The summed E-state index contributed by atoms with van der Waals surface area (Å²) in [6.45, 7) is 0. The van der Waals surface area contributed by atoms with Crippen LogP contribution in [-0.2, 0) is 29.1 Å². The van der Waals surface area contributed by atoms with Gasteiger partial charge in [0.1, 0.15) is 5.82 Å². The molecule has 4 rings (SSSR count). The zero-order chi connectivity index (χ0) is 23.6. The molecule has 1 aliphatic rings. The van der Waals surface area contributed by atoms with Crippen LogP contribution in [0.4, 0.5) is 0 Å². The average molecular weight is 496 g/mol. The van der Waals surface area contributed by atoms with Crippen molar-refractivity contribution in [3.63, 3.8) is 0 Å². The molecule has 1 unspecified atom stereocenters. The van der Waals surface area contributed by atoms with Gasteiger partial charge >= 0.3 is 0 Å². The Morgan fingerprint density at radius 3 is 2.42 bits per heavy atom. The second-order valence-corrected chi connectivity index (χ2v) is 10.8. The first kappa shape index (κ1) is 23.4. The van der Waals surface area contributed by atoms with Gasteiger partial charge in [0.15, 0.2) is 26.5 Å². The van der Waals surface area contributed by atoms with Crippen LogP contribution in [0.3, 0.4) is 0 Å². The number of thioether (sulfide) groups is 1. The number of nitrogens with zero attached hydrogens (tertiary/aromatic N) is 5. The highest BCUT2D eigenvalue weighted by molar-refractivity contribution is 7.98. The molecule has 1 aromatic carbocycles. The van der Waals surface area contributed by atoms with Gasteiger partial charge in [0.05, 0.1) is 38.6 Å². The van der Waals surface area contributed by atoms with Crippen molar-refractivity contribution in [1.82, 2.24) is 25.0 Å². The smallest absolute Gasteiger partial charge is 0.248 e. The molecule has 178 valence electrons. The van der Waals surface area contributed by atoms with Crippen LogP contribution in [0.2, 0.25) is 0 Å². The predicted molar refractivity (Wildman–Crippen MR) is 120 cm³/mol. The first-order valence-electron chi connectivity index (χ1n) is 10.2. The zero-order valence-corrected chi connectivity index (χ0v) is 20.4. The van der Waals surface area contributed by atoms with Crippen molar-refractivity contribution in [2.75, 3.05) is 32.8 Å². The normalized spacial score (nSPS) is 17.3. The fourth-order valence-corrected chi connectivity index (χ4v) is 6.33. The van der Waals surface area contributed by atoms with Gasteiger partial charge in [0.25, 0.3) is 0 Å². The Balaban J connectivity index is 1.43. The molecule has 3 aromatic rings. The van der Waals surface area contributed by atoms with Crippen LogP contribution in [0.15, 0.2) is 21.7 Å². The number of ether oxygens (including phenoxy) is 3. The summed E-state index contributed by atoms with van der Waals surface area (Å²) in [5.74, 6) is 3.94. The van der Waals surface area contributed by atoms with E-state index in [-0.39, 0.29) is 17.4 Å². The van der Waals surface area contributed by atoms with Crippen molar-refractivity contribution >= 4 is 21.6 Å². The van der Waals surface area contributed by atoms with E-state index in [9.17, 15) is 8.42 Å². The Morgan fingerprint density at radius 2 is 1.82 bits per heavy atom. The van der Waals surface area contributed by atoms with E-state index < -0.39 is 9.84 Å². The van der Waals surface area contributed by atoms with E-state index in [0.29, 0.717) is 58.3 Å². The van der Waals surface area contributed by atoms with Gasteiger partial charge in [-0.25, -0.2) is 8.42 Å². The molecule has 0 bridgehead atoms. The molecule has 13 heteroatoms. The predicted octanol–water partition coefficient (Wildman–Crippen LogP) is 2.16. The molecule has 0 radical (unpaired) electrons. The van der Waals surface area contributed by atoms with Crippen LogP contribution in [0.1, 0.15) is 18.1 Å². The zero-order valence-electron chi connectivity index (χ0n) is 18.8. The highest BCUT2D eigenvalue weighted by Gasteiger charge is 2.29. The molecule has 33 heavy (non-hydrogen) atoms. The van der Waals surface area contributed by atoms with Crippen molar-refractivity contribution in [2.45, 2.75) is 23.8 Å². The number of sulfone groups is 1. The van der Waals surface area contributed by atoms with E-state index >= 15 is 0 Å². The third-order valence-corrected chi connectivity index (χ3v) is 8.27. The summed E-state index contributed by atoms with van der Waals surface area (Å²) in [6, 6.07) is 3.48. The van der Waals surface area contributed by atoms with Gasteiger partial charge in [0, 0.05) is 19.0 Å². The fourth-order valence-electron chi connectivity index (χ4n) is 3.70. The monoisotopic (exact) mass is 495 g/mol. The molecular formula is C20H25N5O6S2. The van der Waals surface area contributed by atoms with E-state index in [1.807, 2.05) is 11.6 Å². The van der Waals surface area contributed by atoms with Crippen LogP contribution >= 0.6 is 11.8 Å². The van der Waals surface area contributed by atoms with Crippen LogP contribution in [0.5, 0.6) is 17.2 Å². The molecule has 3 heterocycles. The van der Waals surface area contributed by atoms with Crippen LogP contribution in [0.25, 0.3) is 11.5 Å². The lowest BCUT2D eigenvalue weighted by Crippen LogP contribution is -2.11. The minimum Gasteiger partial charge on any atom is -0.493 e. The third kappa shape index (κ3) is 5.08. The first-order valence-corrected chi connectivity index (χ1v) is 13.0. The molecule has 0 saturated carbocycles. The lowest BCUT2D eigenvalue weighted by Gasteiger charge is -2.12. The summed E-state index contributed by atoms with van der Waals surface area (Å²) in [6.07, 6.45) is 1.26. The summed E-state index contributed by atoms with van der Waals surface area (Å²) in [4.78, 5) is 0. The van der Waals surface area contributed by atoms with Gasteiger partial charge in [0.2, 0.25) is 17.5 Å². The number of rotatable bonds is 9. The first-order chi connectivity index (χ1) is 15.8. The van der Waals surface area contributed by atoms with Gasteiger partial charge < -0.3 is 23.2 Å². The van der Waals surface area contributed by atoms with Gasteiger partial charge in [-0.3, -0.25) is 0 Å². The molecule has 1 fully saturated rings. The van der Waals surface area contributed by atoms with E-state index in [0.717, 1.165) is 5.82 Å². The summed E-state index contributed by atoms with van der Waals surface area (Å²) < 4.78 is 47.2. The van der Waals surface area contributed by atoms with Crippen LogP contribution < -0.4 is 14.2 Å². The van der Waals surface area contributed by atoms with Crippen molar-refractivity contribution < 1.29 is 27.0 Å². The Labute approximate surface area is 195 Å². The Hall–Kier alpha value is -2.80. The molecule has 2 aromatic heterocycles. The second-order valence-electron chi connectivity index (χ2n) is 7.63. The molecule has 0 spiro atoms. The number of hydrogen-bond donors (Lipinski definition) is 0. The summed E-state index contributed by atoms with van der Waals surface area (Å²) in [5, 5.41) is 17.4. The van der Waals surface area contributed by atoms with Gasteiger partial charge in [-0.1, -0.05) is 11.8 Å². The van der Waals surface area contributed by atoms with Crippen molar-refractivity contribution in [3.8, 4) is 28.7 Å². The van der Waals surface area contributed by atoms with E-state index in [4.69, 9.17) is 18.6 Å². The highest BCUT2D eigenvalue weighted by Crippen LogP contribution is 2.41. The summed E-state index contributed by atoms with van der Waals surface area (Å²) >= 11 is 1.41. The number of methoxy groups -OCH3 is 3. The Kier molecular flexibility index (Phi) is 6.79. The lowest BCUT2D eigenvalue weighted by atomic mass is 10.1. The SMILES string of the molecule is COc1cc(-c2nnc(CSc3nnc(CC4CCS(=O)(=O)C4)n3C)o2)cc(OC)c1OC. The number of aromatic nitrogens is 5. The maximum atomic E-state index is 11.7. The van der Waals surface area contributed by atoms with Crippen LogP contribution in [0, 0.1) is 5.92 Å². The largest absolute Gasteiger partial charge is 0.493 e. The standard InChI is InChI=1S/C20H25N5O6S2/c1-25-16(7-12-5-6-33(26,27)11-12)21-24-20(25)32-10-17-22-23-19(31-17)13-8-14(28-2)18(30-4)15(9-13)29-3/h8-9,12H,5-7,10-11H2,1-4H3. The summed E-state index contributed by atoms with van der Waals surface area (Å²) in [5.41, 5.74) is 0.640. The van der Waals surface area contributed by atoms with E-state index in [2.05, 4.69) is 20.4 Å². The summed E-state index contributed by atoms with van der Waals surface area (Å²) in [7, 11) is 3.57. The lowest BCUT2D eigenvalue weighted by molar-refractivity contribution is 0.324. The maximum absolute atomic E-state index is 11.7. The molecular weight excluding hydrogens is 470 g/mol. The fraction of sp³-hybridized carbons (Fsp3) is 0.500. The molecule has 1 aliphatic heterocycles. The van der Waals surface area contributed by atoms with Gasteiger partial charge in [-0.05, 0) is 24.5 Å².